The molecule has 0 atom stereocenters. The zero-order valence-electron chi connectivity index (χ0n) is 10.3. The largest absolute Gasteiger partial charge is 0.383 e. The van der Waals surface area contributed by atoms with Crippen LogP contribution in [0.3, 0.4) is 0 Å². The summed E-state index contributed by atoms with van der Waals surface area (Å²) in [5.41, 5.74) is 2.25. The maximum absolute atomic E-state index is 4.27. The highest BCUT2D eigenvalue weighted by Gasteiger charge is 2.02. The predicted octanol–water partition coefficient (Wildman–Crippen LogP) is 3.47. The van der Waals surface area contributed by atoms with Crippen LogP contribution in [0.4, 0.5) is 5.69 Å². The van der Waals surface area contributed by atoms with Crippen LogP contribution in [0.25, 0.3) is 5.69 Å². The highest BCUT2D eigenvalue weighted by Crippen LogP contribution is 2.18. The second kappa shape index (κ2) is 6.09. The molecule has 0 aliphatic heterocycles. The van der Waals surface area contributed by atoms with Crippen LogP contribution < -0.4 is 5.32 Å². The van der Waals surface area contributed by atoms with E-state index in [1.54, 1.807) is 6.20 Å². The Bertz CT molecular complexity index is 434. The number of nitrogens with zero attached hydrogens (tertiary/aromatic N) is 2. The lowest BCUT2D eigenvalue weighted by molar-refractivity contribution is 0.743. The predicted molar refractivity (Wildman–Crippen MR) is 71.6 cm³/mol. The molecule has 3 heteroatoms. The number of nitrogens with one attached hydrogen (secondary N) is 1. The molecule has 90 valence electrons. The smallest absolute Gasteiger partial charge is 0.0876 e. The molecular weight excluding hydrogens is 210 g/mol. The maximum Gasteiger partial charge on any atom is 0.0876 e. The third-order valence-electron chi connectivity index (χ3n) is 2.75. The number of anilines is 1. The van der Waals surface area contributed by atoms with E-state index in [9.17, 15) is 0 Å². The van der Waals surface area contributed by atoms with Gasteiger partial charge in [0.2, 0.25) is 0 Å². The first-order chi connectivity index (χ1) is 8.42. The molecule has 0 radical (unpaired) electrons. The molecule has 0 bridgehead atoms. The van der Waals surface area contributed by atoms with E-state index in [0.717, 1.165) is 17.9 Å². The molecule has 2 aromatic rings. The minimum absolute atomic E-state index is 1.02. The molecule has 0 spiro atoms. The second-order valence-corrected chi connectivity index (χ2v) is 4.10. The zero-order valence-corrected chi connectivity index (χ0v) is 10.3. The summed E-state index contributed by atoms with van der Waals surface area (Å²) in [6, 6.07) is 10.2. The van der Waals surface area contributed by atoms with E-state index in [1.807, 2.05) is 23.0 Å². The van der Waals surface area contributed by atoms with E-state index in [0.29, 0.717) is 0 Å². The lowest BCUT2D eigenvalue weighted by Gasteiger charge is -2.11. The van der Waals surface area contributed by atoms with Crippen LogP contribution in [0.1, 0.15) is 26.2 Å². The first kappa shape index (κ1) is 11.7. The molecule has 0 saturated carbocycles. The molecule has 1 N–H and O–H groups in total. The molecule has 1 aromatic carbocycles. The van der Waals surface area contributed by atoms with Crippen molar-refractivity contribution in [3.8, 4) is 5.69 Å². The van der Waals surface area contributed by atoms with Gasteiger partial charge in [-0.1, -0.05) is 31.9 Å². The maximum atomic E-state index is 4.27. The average Bonchev–Trinajstić information content (AvgIpc) is 2.89. The second-order valence-electron chi connectivity index (χ2n) is 4.10. The fourth-order valence-electron chi connectivity index (χ4n) is 1.83. The highest BCUT2D eigenvalue weighted by molar-refractivity contribution is 5.60. The van der Waals surface area contributed by atoms with Crippen LogP contribution in [-0.2, 0) is 0 Å². The monoisotopic (exact) mass is 229 g/mol. The van der Waals surface area contributed by atoms with Gasteiger partial charge in [-0.15, -0.1) is 0 Å². The van der Waals surface area contributed by atoms with E-state index >= 15 is 0 Å². The third kappa shape index (κ3) is 3.09. The first-order valence-electron chi connectivity index (χ1n) is 6.24. The van der Waals surface area contributed by atoms with Crippen molar-refractivity contribution in [2.24, 2.45) is 0 Å². The van der Waals surface area contributed by atoms with Crippen molar-refractivity contribution in [1.82, 2.24) is 9.78 Å². The number of para-hydroxylation sites is 2. The molecule has 1 aromatic heterocycles. The Morgan fingerprint density at radius 1 is 1.18 bits per heavy atom. The lowest BCUT2D eigenvalue weighted by atomic mass is 10.2. The van der Waals surface area contributed by atoms with Crippen LogP contribution >= 0.6 is 0 Å². The summed E-state index contributed by atoms with van der Waals surface area (Å²) in [6.07, 6.45) is 7.50. The molecule has 0 unspecified atom stereocenters. The van der Waals surface area contributed by atoms with Gasteiger partial charge in [-0.05, 0) is 24.6 Å². The van der Waals surface area contributed by atoms with Crippen molar-refractivity contribution in [3.05, 3.63) is 42.7 Å². The summed E-state index contributed by atoms with van der Waals surface area (Å²) in [6.45, 7) is 3.24. The van der Waals surface area contributed by atoms with E-state index < -0.39 is 0 Å². The van der Waals surface area contributed by atoms with Gasteiger partial charge in [-0.3, -0.25) is 0 Å². The number of rotatable bonds is 6. The van der Waals surface area contributed by atoms with Crippen molar-refractivity contribution in [2.75, 3.05) is 11.9 Å². The zero-order chi connectivity index (χ0) is 11.9. The van der Waals surface area contributed by atoms with Crippen LogP contribution in [0.2, 0.25) is 0 Å². The Balaban J connectivity index is 2.06. The Morgan fingerprint density at radius 2 is 2.06 bits per heavy atom. The van der Waals surface area contributed by atoms with Gasteiger partial charge >= 0.3 is 0 Å². The van der Waals surface area contributed by atoms with Crippen molar-refractivity contribution in [3.63, 3.8) is 0 Å². The van der Waals surface area contributed by atoms with Crippen LogP contribution in [0.15, 0.2) is 42.7 Å². The lowest BCUT2D eigenvalue weighted by Crippen LogP contribution is -2.06. The molecule has 0 aliphatic rings. The summed E-state index contributed by atoms with van der Waals surface area (Å²) in [5, 5.41) is 7.74. The summed E-state index contributed by atoms with van der Waals surface area (Å²) in [7, 11) is 0. The average molecular weight is 229 g/mol. The van der Waals surface area contributed by atoms with Gasteiger partial charge in [0.05, 0.1) is 11.4 Å². The van der Waals surface area contributed by atoms with E-state index in [-0.39, 0.29) is 0 Å². The Labute approximate surface area is 102 Å². The summed E-state index contributed by atoms with van der Waals surface area (Å²) in [4.78, 5) is 0. The topological polar surface area (TPSA) is 29.9 Å². The molecule has 1 heterocycles. The molecular formula is C14H19N3. The Morgan fingerprint density at radius 3 is 2.82 bits per heavy atom. The van der Waals surface area contributed by atoms with Gasteiger partial charge in [-0.25, -0.2) is 4.68 Å². The quantitative estimate of drug-likeness (QED) is 0.769. The van der Waals surface area contributed by atoms with Crippen molar-refractivity contribution in [2.45, 2.75) is 26.2 Å². The number of benzene rings is 1. The number of aromatic nitrogens is 2. The first-order valence-corrected chi connectivity index (χ1v) is 6.24. The van der Waals surface area contributed by atoms with Crippen molar-refractivity contribution >= 4 is 5.69 Å². The molecule has 2 rings (SSSR count). The molecule has 0 fully saturated rings. The van der Waals surface area contributed by atoms with E-state index in [4.69, 9.17) is 0 Å². The van der Waals surface area contributed by atoms with Gasteiger partial charge in [0.15, 0.2) is 0 Å². The number of hydrogen-bond donors (Lipinski definition) is 1. The minimum Gasteiger partial charge on any atom is -0.383 e. The molecule has 3 nitrogen and oxygen atoms in total. The standard InChI is InChI=1S/C14H19N3/c1-2-3-6-10-15-13-8-4-5-9-14(13)17-12-7-11-16-17/h4-5,7-9,11-12,15H,2-3,6,10H2,1H3. The van der Waals surface area contributed by atoms with E-state index in [2.05, 4.69) is 35.5 Å². The van der Waals surface area contributed by atoms with Gasteiger partial charge in [0, 0.05) is 18.9 Å². The minimum atomic E-state index is 1.02. The highest BCUT2D eigenvalue weighted by atomic mass is 15.3. The molecule has 0 aliphatic carbocycles. The summed E-state index contributed by atoms with van der Waals surface area (Å²) < 4.78 is 1.89. The van der Waals surface area contributed by atoms with Gasteiger partial charge < -0.3 is 5.32 Å². The van der Waals surface area contributed by atoms with Crippen LogP contribution in [-0.4, -0.2) is 16.3 Å². The fraction of sp³-hybridized carbons (Fsp3) is 0.357. The summed E-state index contributed by atoms with van der Waals surface area (Å²) in [5.74, 6) is 0. The van der Waals surface area contributed by atoms with Crippen LogP contribution in [0, 0.1) is 0 Å². The number of hydrogen-bond acceptors (Lipinski definition) is 2. The number of unbranched alkanes of at least 4 members (excludes halogenated alkanes) is 2. The summed E-state index contributed by atoms with van der Waals surface area (Å²) >= 11 is 0. The third-order valence-corrected chi connectivity index (χ3v) is 2.75. The molecule has 0 amide bonds. The van der Waals surface area contributed by atoms with Crippen molar-refractivity contribution < 1.29 is 0 Å². The Hall–Kier alpha value is -1.77. The molecule has 17 heavy (non-hydrogen) atoms. The normalized spacial score (nSPS) is 10.4. The Kier molecular flexibility index (Phi) is 4.19. The van der Waals surface area contributed by atoms with Gasteiger partial charge in [0.1, 0.15) is 0 Å². The van der Waals surface area contributed by atoms with Crippen LogP contribution in [0.5, 0.6) is 0 Å². The van der Waals surface area contributed by atoms with Gasteiger partial charge in [-0.2, -0.15) is 5.10 Å². The van der Waals surface area contributed by atoms with Crippen molar-refractivity contribution in [1.29, 1.82) is 0 Å². The van der Waals surface area contributed by atoms with E-state index in [1.165, 1.54) is 19.3 Å². The SMILES string of the molecule is CCCCCNc1ccccc1-n1cccn1. The fourth-order valence-corrected chi connectivity index (χ4v) is 1.83. The van der Waals surface area contributed by atoms with Gasteiger partial charge in [0.25, 0.3) is 0 Å². The molecule has 0 saturated heterocycles.